The number of fused-ring (bicyclic) bond motifs is 1. The van der Waals surface area contributed by atoms with E-state index >= 15 is 0 Å². The van der Waals surface area contributed by atoms with Crippen molar-refractivity contribution in [3.8, 4) is 5.75 Å². The molecule has 0 saturated carbocycles. The monoisotopic (exact) mass is 354 g/mol. The lowest BCUT2D eigenvalue weighted by Gasteiger charge is -2.33. The van der Waals surface area contributed by atoms with Gasteiger partial charge in [-0.05, 0) is 37.6 Å². The molecule has 4 rings (SSSR count). The van der Waals surface area contributed by atoms with E-state index in [1.54, 1.807) is 42.4 Å². The van der Waals surface area contributed by atoms with Crippen LogP contribution in [-0.2, 0) is 14.3 Å². The molecule has 1 spiro atoms. The third kappa shape index (κ3) is 2.15. The fourth-order valence-electron chi connectivity index (χ4n) is 4.55. The molecule has 0 aromatic heterocycles. The quantitative estimate of drug-likeness (QED) is 0.739. The molecular weight excluding hydrogens is 334 g/mol. The van der Waals surface area contributed by atoms with E-state index < -0.39 is 29.5 Å². The van der Waals surface area contributed by atoms with Crippen molar-refractivity contribution in [2.24, 2.45) is 11.8 Å². The smallest absolute Gasteiger partial charge is 0.234 e. The van der Waals surface area contributed by atoms with Gasteiger partial charge in [-0.25, -0.2) is 0 Å². The minimum Gasteiger partial charge on any atom is -0.550 e. The molecule has 0 unspecified atom stereocenters. The zero-order valence-corrected chi connectivity index (χ0v) is 14.7. The van der Waals surface area contributed by atoms with Crippen LogP contribution in [0.25, 0.3) is 0 Å². The minimum absolute atomic E-state index is 0.248. The molecule has 0 radical (unpaired) electrons. The van der Waals surface area contributed by atoms with E-state index in [9.17, 15) is 14.7 Å². The Kier molecular flexibility index (Phi) is 3.70. The van der Waals surface area contributed by atoms with Crippen LogP contribution in [0.3, 0.4) is 0 Å². The number of nitrogens with zero attached hydrogens (tertiary/aromatic N) is 1. The van der Waals surface area contributed by atoms with Gasteiger partial charge < -0.3 is 24.3 Å². The van der Waals surface area contributed by atoms with Gasteiger partial charge in [-0.3, -0.25) is 4.79 Å². The van der Waals surface area contributed by atoms with Crippen LogP contribution in [-0.4, -0.2) is 36.7 Å². The van der Waals surface area contributed by atoms with Crippen LogP contribution in [0.4, 0.5) is 5.69 Å². The summed E-state index contributed by atoms with van der Waals surface area (Å²) >= 11 is 0. The van der Waals surface area contributed by atoms with E-state index in [4.69, 9.17) is 9.47 Å². The molecule has 6 heteroatoms. The molecule has 3 aliphatic rings. The molecule has 2 saturated heterocycles. The van der Waals surface area contributed by atoms with E-state index in [2.05, 4.69) is 6.58 Å². The van der Waals surface area contributed by atoms with E-state index in [0.29, 0.717) is 17.9 Å². The number of benzene rings is 1. The van der Waals surface area contributed by atoms with Crippen LogP contribution in [0, 0.1) is 11.8 Å². The van der Waals surface area contributed by atoms with Crippen molar-refractivity contribution in [1.82, 2.24) is 0 Å². The summed E-state index contributed by atoms with van der Waals surface area (Å²) in [6.45, 7) is 5.87. The van der Waals surface area contributed by atoms with Gasteiger partial charge in [-0.2, -0.15) is 0 Å². The highest BCUT2D eigenvalue weighted by atomic mass is 16.5. The summed E-state index contributed by atoms with van der Waals surface area (Å²) in [4.78, 5) is 26.6. The Morgan fingerprint density at radius 3 is 2.65 bits per heavy atom. The van der Waals surface area contributed by atoms with E-state index in [1.807, 2.05) is 13.0 Å². The third-order valence-corrected chi connectivity index (χ3v) is 5.59. The van der Waals surface area contributed by atoms with Gasteiger partial charge >= 0.3 is 0 Å². The highest BCUT2D eigenvalue weighted by molar-refractivity contribution is 6.03. The van der Waals surface area contributed by atoms with Crippen LogP contribution in [0.5, 0.6) is 5.75 Å². The summed E-state index contributed by atoms with van der Waals surface area (Å²) in [6.07, 6.45) is 3.51. The second kappa shape index (κ2) is 5.71. The fraction of sp³-hybridized carbons (Fsp3) is 0.400. The minimum atomic E-state index is -1.25. The first-order valence-corrected chi connectivity index (χ1v) is 8.58. The van der Waals surface area contributed by atoms with Gasteiger partial charge in [0.05, 0.1) is 25.2 Å². The van der Waals surface area contributed by atoms with E-state index in [-0.39, 0.29) is 11.9 Å². The lowest BCUT2D eigenvalue weighted by molar-refractivity contribution is -0.313. The molecule has 2 fully saturated rings. The number of hydrogen-bond donors (Lipinski definition) is 0. The maximum Gasteiger partial charge on any atom is 0.234 e. The summed E-state index contributed by atoms with van der Waals surface area (Å²) in [6, 6.07) is 6.79. The normalized spacial score (nSPS) is 34.2. The van der Waals surface area contributed by atoms with Gasteiger partial charge in [0.1, 0.15) is 11.4 Å². The SMILES string of the molecule is C=C(C)C[C@@H]1N(c2ccc(OC)cc2)C(=O)[C@H]2[C@H](C(=O)[O-])[C@H]3C=C[C@@]12O3. The van der Waals surface area contributed by atoms with E-state index in [0.717, 1.165) is 5.57 Å². The average molecular weight is 354 g/mol. The highest BCUT2D eigenvalue weighted by Crippen LogP contribution is 2.56. The van der Waals surface area contributed by atoms with Crippen molar-refractivity contribution in [3.05, 3.63) is 48.6 Å². The van der Waals surface area contributed by atoms with Crippen molar-refractivity contribution in [2.75, 3.05) is 12.0 Å². The summed E-state index contributed by atoms with van der Waals surface area (Å²) in [5.74, 6) is -2.56. The largest absolute Gasteiger partial charge is 0.550 e. The lowest BCUT2D eigenvalue weighted by Crippen LogP contribution is -2.46. The number of ether oxygens (including phenoxy) is 2. The van der Waals surface area contributed by atoms with Crippen molar-refractivity contribution in [1.29, 1.82) is 0 Å². The molecule has 6 nitrogen and oxygen atoms in total. The Bertz CT molecular complexity index is 814. The van der Waals surface area contributed by atoms with Gasteiger partial charge in [0.2, 0.25) is 5.91 Å². The van der Waals surface area contributed by atoms with Gasteiger partial charge in [0, 0.05) is 17.6 Å². The number of carboxylic acids is 1. The van der Waals surface area contributed by atoms with Crippen LogP contribution in [0.1, 0.15) is 13.3 Å². The van der Waals surface area contributed by atoms with Gasteiger partial charge in [0.25, 0.3) is 0 Å². The molecule has 3 heterocycles. The number of amides is 1. The maximum absolute atomic E-state index is 13.3. The van der Waals surface area contributed by atoms with Crippen molar-refractivity contribution < 1.29 is 24.2 Å². The number of methoxy groups -OCH3 is 1. The maximum atomic E-state index is 13.3. The van der Waals surface area contributed by atoms with Gasteiger partial charge in [-0.15, -0.1) is 6.58 Å². The zero-order chi connectivity index (χ0) is 18.6. The van der Waals surface area contributed by atoms with Gasteiger partial charge in [0.15, 0.2) is 0 Å². The molecule has 1 aromatic rings. The molecule has 2 bridgehead atoms. The number of carbonyl (C=O) groups is 2. The molecule has 136 valence electrons. The second-order valence-electron chi connectivity index (χ2n) is 7.20. The van der Waals surface area contributed by atoms with Crippen molar-refractivity contribution >= 4 is 17.6 Å². The lowest BCUT2D eigenvalue weighted by atomic mass is 9.74. The number of hydrogen-bond acceptors (Lipinski definition) is 5. The predicted octanol–water partition coefficient (Wildman–Crippen LogP) is 1.07. The summed E-state index contributed by atoms with van der Waals surface area (Å²) in [5.41, 5.74) is 0.628. The molecule has 0 aliphatic carbocycles. The molecule has 1 amide bonds. The molecule has 3 aliphatic heterocycles. The average Bonchev–Trinajstić information content (AvgIpc) is 3.24. The van der Waals surface area contributed by atoms with Gasteiger partial charge in [-0.1, -0.05) is 17.7 Å². The Morgan fingerprint density at radius 1 is 1.38 bits per heavy atom. The Balaban J connectivity index is 1.81. The van der Waals surface area contributed by atoms with Crippen LogP contribution in [0.15, 0.2) is 48.6 Å². The number of carboxylic acid groups (broad SMARTS) is 1. The first-order valence-electron chi connectivity index (χ1n) is 8.58. The molecule has 1 aromatic carbocycles. The third-order valence-electron chi connectivity index (χ3n) is 5.59. The Labute approximate surface area is 151 Å². The first kappa shape index (κ1) is 16.8. The Morgan fingerprint density at radius 2 is 2.08 bits per heavy atom. The first-order chi connectivity index (χ1) is 12.4. The zero-order valence-electron chi connectivity index (χ0n) is 14.7. The molecule has 5 atom stereocenters. The van der Waals surface area contributed by atoms with Crippen LogP contribution < -0.4 is 14.7 Å². The van der Waals surface area contributed by atoms with E-state index in [1.165, 1.54) is 0 Å². The second-order valence-corrected chi connectivity index (χ2v) is 7.20. The molecular formula is C20H20NO5-. The fourth-order valence-corrected chi connectivity index (χ4v) is 4.55. The number of rotatable bonds is 5. The van der Waals surface area contributed by atoms with Crippen molar-refractivity contribution in [2.45, 2.75) is 31.1 Å². The number of anilines is 1. The van der Waals surface area contributed by atoms with Crippen LogP contribution >= 0.6 is 0 Å². The molecule has 26 heavy (non-hydrogen) atoms. The topological polar surface area (TPSA) is 78.9 Å². The summed E-state index contributed by atoms with van der Waals surface area (Å²) in [7, 11) is 1.57. The molecule has 0 N–H and O–H groups in total. The van der Waals surface area contributed by atoms with Crippen molar-refractivity contribution in [3.63, 3.8) is 0 Å². The number of carbonyl (C=O) groups excluding carboxylic acids is 2. The predicted molar refractivity (Wildman–Crippen MR) is 92.4 cm³/mol. The summed E-state index contributed by atoms with van der Waals surface area (Å²) < 4.78 is 11.3. The summed E-state index contributed by atoms with van der Waals surface area (Å²) in [5, 5.41) is 11.7. The van der Waals surface area contributed by atoms with Crippen LogP contribution in [0.2, 0.25) is 0 Å². The number of aliphatic carboxylic acids is 1. The standard InChI is InChI=1S/C20H21NO5/c1-11(2)10-15-20-9-8-14(26-20)16(19(23)24)17(20)18(22)21(15)12-4-6-13(25-3)7-5-12/h4-9,14-17H,1,10H2,2-3H3,(H,23,24)/p-1/t14-,15+,16-,17-,20-/m1/s1. The Hall–Kier alpha value is -2.60. The highest BCUT2D eigenvalue weighted by Gasteiger charge is 2.69.